The monoisotopic (exact) mass is 418 g/mol. The average molecular weight is 419 g/mol. The second-order valence-electron chi connectivity index (χ2n) is 7.25. The highest BCUT2D eigenvalue weighted by Crippen LogP contribution is 2.26. The van der Waals surface area contributed by atoms with E-state index in [1.165, 1.54) is 12.7 Å². The molecule has 0 aliphatic heterocycles. The molecule has 0 heterocycles. The number of benzene rings is 2. The summed E-state index contributed by atoms with van der Waals surface area (Å²) in [7, 11) is -2.18. The Labute approximate surface area is 173 Å². The normalized spacial score (nSPS) is 13.4. The van der Waals surface area contributed by atoms with E-state index in [1.807, 2.05) is 32.9 Å². The first-order chi connectivity index (χ1) is 13.6. The van der Waals surface area contributed by atoms with E-state index in [1.54, 1.807) is 31.2 Å². The van der Waals surface area contributed by atoms with Crippen LogP contribution >= 0.6 is 0 Å². The van der Waals surface area contributed by atoms with Gasteiger partial charge in [-0.3, -0.25) is 9.10 Å². The second kappa shape index (κ2) is 9.31. The number of sulfonamides is 1. The Balaban J connectivity index is 2.31. The zero-order valence-corrected chi connectivity index (χ0v) is 18.7. The molecule has 0 radical (unpaired) electrons. The molecule has 158 valence electrons. The number of hydrogen-bond donors (Lipinski definition) is 1. The molecule has 0 aliphatic carbocycles. The lowest BCUT2D eigenvalue weighted by Crippen LogP contribution is -2.48. The number of rotatable bonds is 8. The lowest BCUT2D eigenvalue weighted by molar-refractivity contribution is -0.122. The first-order valence-corrected chi connectivity index (χ1v) is 11.4. The summed E-state index contributed by atoms with van der Waals surface area (Å²) in [5.74, 6) is 0.161. The fraction of sp³-hybridized carbons (Fsp3) is 0.409. The number of carbonyl (C=O) groups excluding carboxylic acids is 1. The van der Waals surface area contributed by atoms with Crippen LogP contribution in [-0.2, 0) is 14.8 Å². The van der Waals surface area contributed by atoms with Crippen LogP contribution in [0.15, 0.2) is 42.5 Å². The summed E-state index contributed by atoms with van der Waals surface area (Å²) in [6, 6.07) is 11.6. The van der Waals surface area contributed by atoms with E-state index >= 15 is 0 Å². The third-order valence-electron chi connectivity index (χ3n) is 5.05. The number of aryl methyl sites for hydroxylation is 2. The van der Waals surface area contributed by atoms with Crippen LogP contribution in [0.4, 0.5) is 5.69 Å². The van der Waals surface area contributed by atoms with E-state index in [0.29, 0.717) is 17.9 Å². The fourth-order valence-electron chi connectivity index (χ4n) is 3.25. The van der Waals surface area contributed by atoms with Gasteiger partial charge in [-0.2, -0.15) is 0 Å². The van der Waals surface area contributed by atoms with Gasteiger partial charge in [-0.15, -0.1) is 0 Å². The van der Waals surface area contributed by atoms with Crippen molar-refractivity contribution in [2.45, 2.75) is 46.2 Å². The number of amides is 1. The maximum absolute atomic E-state index is 13.0. The van der Waals surface area contributed by atoms with Gasteiger partial charge in [0, 0.05) is 6.07 Å². The minimum Gasteiger partial charge on any atom is -0.497 e. The van der Waals surface area contributed by atoms with Gasteiger partial charge in [-0.05, 0) is 56.0 Å². The smallest absolute Gasteiger partial charge is 0.244 e. The number of carbonyl (C=O) groups is 1. The molecular formula is C22H30N2O4S. The van der Waals surface area contributed by atoms with Crippen molar-refractivity contribution in [2.75, 3.05) is 17.7 Å². The predicted octanol–water partition coefficient (Wildman–Crippen LogP) is 3.73. The number of ether oxygens (including phenoxy) is 1. The minimum absolute atomic E-state index is 0.198. The van der Waals surface area contributed by atoms with Gasteiger partial charge in [0.15, 0.2) is 0 Å². The quantitative estimate of drug-likeness (QED) is 0.709. The Hall–Kier alpha value is -2.54. The van der Waals surface area contributed by atoms with Gasteiger partial charge in [0.25, 0.3) is 0 Å². The first-order valence-electron chi connectivity index (χ1n) is 9.59. The van der Waals surface area contributed by atoms with Crippen LogP contribution in [0.3, 0.4) is 0 Å². The summed E-state index contributed by atoms with van der Waals surface area (Å²) >= 11 is 0. The van der Waals surface area contributed by atoms with Crippen molar-refractivity contribution in [2.24, 2.45) is 0 Å². The predicted molar refractivity (Wildman–Crippen MR) is 117 cm³/mol. The second-order valence-corrected chi connectivity index (χ2v) is 9.11. The van der Waals surface area contributed by atoms with Gasteiger partial charge in [0.1, 0.15) is 11.8 Å². The lowest BCUT2D eigenvalue weighted by Gasteiger charge is -2.30. The summed E-state index contributed by atoms with van der Waals surface area (Å²) in [5, 5.41) is 3.00. The topological polar surface area (TPSA) is 75.7 Å². The highest BCUT2D eigenvalue weighted by molar-refractivity contribution is 7.92. The third-order valence-corrected chi connectivity index (χ3v) is 6.30. The molecule has 1 amide bonds. The molecule has 29 heavy (non-hydrogen) atoms. The molecule has 0 bridgehead atoms. The highest BCUT2D eigenvalue weighted by Gasteiger charge is 2.30. The third kappa shape index (κ3) is 5.50. The van der Waals surface area contributed by atoms with Gasteiger partial charge < -0.3 is 10.1 Å². The van der Waals surface area contributed by atoms with Crippen molar-refractivity contribution in [3.8, 4) is 5.75 Å². The maximum atomic E-state index is 13.0. The molecule has 0 spiro atoms. The van der Waals surface area contributed by atoms with E-state index < -0.39 is 16.1 Å². The molecule has 2 aromatic carbocycles. The van der Waals surface area contributed by atoms with E-state index in [-0.39, 0.29) is 11.9 Å². The number of nitrogens with one attached hydrogen (secondary N) is 1. The summed E-state index contributed by atoms with van der Waals surface area (Å²) in [5.41, 5.74) is 3.72. The molecule has 0 fully saturated rings. The van der Waals surface area contributed by atoms with Gasteiger partial charge in [-0.25, -0.2) is 8.42 Å². The Morgan fingerprint density at radius 1 is 1.14 bits per heavy atom. The van der Waals surface area contributed by atoms with Crippen molar-refractivity contribution >= 4 is 21.6 Å². The SMILES string of the molecule is CCC(NC(=O)C(C)N(c1cccc(OC)c1)S(C)(=O)=O)c1ccc(C)c(C)c1. The Morgan fingerprint density at radius 2 is 1.83 bits per heavy atom. The fourth-order valence-corrected chi connectivity index (χ4v) is 4.42. The largest absolute Gasteiger partial charge is 0.497 e. The summed E-state index contributed by atoms with van der Waals surface area (Å²) in [4.78, 5) is 13.0. The summed E-state index contributed by atoms with van der Waals surface area (Å²) in [6.07, 6.45) is 1.79. The molecule has 2 unspecified atom stereocenters. The van der Waals surface area contributed by atoms with Crippen molar-refractivity contribution in [3.63, 3.8) is 0 Å². The number of nitrogens with zero attached hydrogens (tertiary/aromatic N) is 1. The molecule has 2 rings (SSSR count). The minimum atomic E-state index is -3.69. The lowest BCUT2D eigenvalue weighted by atomic mass is 9.99. The standard InChI is InChI=1S/C22H30N2O4S/c1-7-21(18-12-11-15(2)16(3)13-18)23-22(25)17(4)24(29(6,26)27)19-9-8-10-20(14-19)28-5/h8-14,17,21H,7H2,1-6H3,(H,23,25). The van der Waals surface area contributed by atoms with E-state index in [0.717, 1.165) is 21.7 Å². The zero-order chi connectivity index (χ0) is 21.8. The molecule has 2 atom stereocenters. The van der Waals surface area contributed by atoms with E-state index in [4.69, 9.17) is 4.74 Å². The number of anilines is 1. The van der Waals surface area contributed by atoms with E-state index in [9.17, 15) is 13.2 Å². The Kier molecular flexibility index (Phi) is 7.30. The first kappa shape index (κ1) is 22.7. The van der Waals surface area contributed by atoms with Crippen molar-refractivity contribution in [1.29, 1.82) is 0 Å². The average Bonchev–Trinajstić information content (AvgIpc) is 2.67. The molecule has 0 saturated heterocycles. The Bertz CT molecular complexity index is 973. The summed E-state index contributed by atoms with van der Waals surface area (Å²) < 4.78 is 31.3. The number of hydrogen-bond acceptors (Lipinski definition) is 4. The molecule has 6 nitrogen and oxygen atoms in total. The summed E-state index contributed by atoms with van der Waals surface area (Å²) in [6.45, 7) is 7.65. The van der Waals surface area contributed by atoms with E-state index in [2.05, 4.69) is 11.4 Å². The van der Waals surface area contributed by atoms with Crippen LogP contribution in [-0.4, -0.2) is 33.7 Å². The van der Waals surface area contributed by atoms with Gasteiger partial charge >= 0.3 is 0 Å². The van der Waals surface area contributed by atoms with Gasteiger partial charge in [-0.1, -0.05) is 31.2 Å². The van der Waals surface area contributed by atoms with Crippen LogP contribution in [0, 0.1) is 13.8 Å². The highest BCUT2D eigenvalue weighted by atomic mass is 32.2. The van der Waals surface area contributed by atoms with Gasteiger partial charge in [0.2, 0.25) is 15.9 Å². The molecule has 0 aromatic heterocycles. The molecule has 2 aromatic rings. The van der Waals surface area contributed by atoms with Crippen LogP contribution < -0.4 is 14.4 Å². The van der Waals surface area contributed by atoms with Crippen LogP contribution in [0.2, 0.25) is 0 Å². The van der Waals surface area contributed by atoms with Crippen molar-refractivity contribution in [1.82, 2.24) is 5.32 Å². The van der Waals surface area contributed by atoms with Crippen LogP contribution in [0.25, 0.3) is 0 Å². The number of methoxy groups -OCH3 is 1. The van der Waals surface area contributed by atoms with Crippen LogP contribution in [0.5, 0.6) is 5.75 Å². The van der Waals surface area contributed by atoms with Gasteiger partial charge in [0.05, 0.1) is 25.1 Å². The molecule has 0 saturated carbocycles. The molecular weight excluding hydrogens is 388 g/mol. The van der Waals surface area contributed by atoms with Crippen molar-refractivity contribution < 1.29 is 17.9 Å². The molecule has 7 heteroatoms. The molecule has 0 aliphatic rings. The zero-order valence-electron chi connectivity index (χ0n) is 17.9. The maximum Gasteiger partial charge on any atom is 0.244 e. The molecule has 1 N–H and O–H groups in total. The Morgan fingerprint density at radius 3 is 2.38 bits per heavy atom. The van der Waals surface area contributed by atoms with Crippen LogP contribution in [0.1, 0.15) is 43.0 Å². The van der Waals surface area contributed by atoms with Crippen molar-refractivity contribution in [3.05, 3.63) is 59.2 Å².